The summed E-state index contributed by atoms with van der Waals surface area (Å²) in [5.41, 5.74) is 5.31. The minimum atomic E-state index is -4.70. The SMILES string of the molecule is CCCCCCC/C=C\C/C=C\CCCCCCCCCCCCCC(=O)OC(COC(=O)CCCCCCCC)COP(=O)(O)OCC(N)C(=O)O. The molecule has 0 aliphatic heterocycles. The molecule has 0 bridgehead atoms. The van der Waals surface area contributed by atoms with Gasteiger partial charge in [-0.25, -0.2) is 4.57 Å². The first-order valence-corrected chi connectivity index (χ1v) is 22.4. The Morgan fingerprint density at radius 3 is 1.47 bits per heavy atom. The third kappa shape index (κ3) is 36.7. The highest BCUT2D eigenvalue weighted by Crippen LogP contribution is 2.43. The Morgan fingerprint density at radius 2 is 1.00 bits per heavy atom. The molecule has 12 heteroatoms. The van der Waals surface area contributed by atoms with Crippen molar-refractivity contribution in [1.82, 2.24) is 0 Å². The van der Waals surface area contributed by atoms with E-state index in [4.69, 9.17) is 24.8 Å². The number of carbonyl (C=O) groups excluding carboxylic acids is 2. The Kier molecular flexibility index (Phi) is 35.5. The zero-order chi connectivity index (χ0) is 39.3. The number of phosphoric acid groups is 1. The highest BCUT2D eigenvalue weighted by molar-refractivity contribution is 7.47. The molecule has 3 atom stereocenters. The van der Waals surface area contributed by atoms with E-state index < -0.39 is 51.1 Å². The first kappa shape index (κ1) is 51.0. The van der Waals surface area contributed by atoms with Crippen molar-refractivity contribution in [3.63, 3.8) is 0 Å². The molecule has 0 amide bonds. The topological polar surface area (TPSA) is 172 Å². The summed E-state index contributed by atoms with van der Waals surface area (Å²) in [4.78, 5) is 45.6. The van der Waals surface area contributed by atoms with E-state index in [1.54, 1.807) is 0 Å². The lowest BCUT2D eigenvalue weighted by atomic mass is 10.0. The van der Waals surface area contributed by atoms with Gasteiger partial charge in [0, 0.05) is 12.8 Å². The van der Waals surface area contributed by atoms with Gasteiger partial charge in [0.2, 0.25) is 0 Å². The molecular formula is C41H76NO10P. The lowest BCUT2D eigenvalue weighted by molar-refractivity contribution is -0.161. The molecule has 4 N–H and O–H groups in total. The van der Waals surface area contributed by atoms with E-state index in [1.807, 2.05) is 0 Å². The average Bonchev–Trinajstić information content (AvgIpc) is 3.13. The van der Waals surface area contributed by atoms with Crippen LogP contribution in [0.15, 0.2) is 24.3 Å². The fraction of sp³-hybridized carbons (Fsp3) is 0.829. The molecule has 0 fully saturated rings. The number of nitrogens with two attached hydrogens (primary N) is 1. The minimum Gasteiger partial charge on any atom is -0.480 e. The van der Waals surface area contributed by atoms with Crippen LogP contribution in [0.1, 0.15) is 187 Å². The van der Waals surface area contributed by atoms with Crippen molar-refractivity contribution >= 4 is 25.7 Å². The van der Waals surface area contributed by atoms with Gasteiger partial charge < -0.3 is 25.2 Å². The van der Waals surface area contributed by atoms with Gasteiger partial charge in [-0.15, -0.1) is 0 Å². The van der Waals surface area contributed by atoms with Gasteiger partial charge in [0.05, 0.1) is 13.2 Å². The van der Waals surface area contributed by atoms with Crippen LogP contribution in [0.2, 0.25) is 0 Å². The van der Waals surface area contributed by atoms with Crippen molar-refractivity contribution in [2.24, 2.45) is 5.73 Å². The van der Waals surface area contributed by atoms with Crippen molar-refractivity contribution in [2.45, 2.75) is 199 Å². The van der Waals surface area contributed by atoms with E-state index in [0.717, 1.165) is 57.8 Å². The fourth-order valence-corrected chi connectivity index (χ4v) is 6.40. The zero-order valence-electron chi connectivity index (χ0n) is 33.4. The minimum absolute atomic E-state index is 0.161. The summed E-state index contributed by atoms with van der Waals surface area (Å²) in [6, 6.07) is -1.52. The summed E-state index contributed by atoms with van der Waals surface area (Å²) in [6.07, 6.45) is 37.2. The number of unbranched alkanes of at least 4 members (excludes halogenated alkanes) is 21. The Bertz CT molecular complexity index is 1010. The number of aliphatic carboxylic acids is 1. The second-order valence-corrected chi connectivity index (χ2v) is 15.6. The standard InChI is InChI=1S/C41H76NO10P/c1-3-5-7-9-11-12-13-14-15-16-17-18-19-20-21-22-23-24-25-26-27-29-31-33-40(44)52-37(34-49-39(43)32-30-28-10-8-6-4-2)35-50-53(47,48)51-36-38(42)41(45)46/h13-14,16-17,37-38H,3-12,15,18-36,42H2,1-2H3,(H,45,46)(H,47,48)/b14-13-,17-16-. The molecule has 0 rings (SSSR count). The van der Waals surface area contributed by atoms with Gasteiger partial charge in [0.25, 0.3) is 0 Å². The lowest BCUT2D eigenvalue weighted by Gasteiger charge is -2.20. The zero-order valence-corrected chi connectivity index (χ0v) is 34.3. The molecular weight excluding hydrogens is 697 g/mol. The first-order valence-electron chi connectivity index (χ1n) is 20.9. The maximum atomic E-state index is 12.6. The number of ether oxygens (including phenoxy) is 2. The van der Waals surface area contributed by atoms with E-state index >= 15 is 0 Å². The van der Waals surface area contributed by atoms with Crippen LogP contribution < -0.4 is 5.73 Å². The van der Waals surface area contributed by atoms with E-state index in [-0.39, 0.29) is 19.4 Å². The first-order chi connectivity index (χ1) is 25.6. The summed E-state index contributed by atoms with van der Waals surface area (Å²) in [5.74, 6) is -2.39. The van der Waals surface area contributed by atoms with Crippen molar-refractivity contribution in [1.29, 1.82) is 0 Å². The van der Waals surface area contributed by atoms with Gasteiger partial charge in [0.15, 0.2) is 6.10 Å². The van der Waals surface area contributed by atoms with Crippen molar-refractivity contribution < 1.29 is 47.5 Å². The number of hydrogen-bond acceptors (Lipinski definition) is 9. The lowest BCUT2D eigenvalue weighted by Crippen LogP contribution is -2.34. The quantitative estimate of drug-likeness (QED) is 0.0235. The van der Waals surface area contributed by atoms with Crippen LogP contribution in [-0.2, 0) is 37.5 Å². The fourth-order valence-electron chi connectivity index (χ4n) is 5.62. The van der Waals surface area contributed by atoms with Crippen molar-refractivity contribution in [2.75, 3.05) is 19.8 Å². The molecule has 3 unspecified atom stereocenters. The number of phosphoric ester groups is 1. The summed E-state index contributed by atoms with van der Waals surface area (Å²) in [7, 11) is -4.70. The molecule has 310 valence electrons. The molecule has 11 nitrogen and oxygen atoms in total. The Balaban J connectivity index is 4.15. The predicted molar refractivity (Wildman–Crippen MR) is 212 cm³/mol. The normalized spacial score (nSPS) is 14.0. The highest BCUT2D eigenvalue weighted by atomic mass is 31.2. The third-order valence-corrected chi connectivity index (χ3v) is 9.90. The molecule has 0 spiro atoms. The van der Waals surface area contributed by atoms with Crippen LogP contribution in [-0.4, -0.2) is 59.9 Å². The van der Waals surface area contributed by atoms with Gasteiger partial charge in [-0.2, -0.15) is 0 Å². The molecule has 0 heterocycles. The summed E-state index contributed by atoms with van der Waals surface area (Å²) >= 11 is 0. The highest BCUT2D eigenvalue weighted by Gasteiger charge is 2.28. The number of rotatable bonds is 39. The molecule has 0 saturated carbocycles. The summed E-state index contributed by atoms with van der Waals surface area (Å²) < 4.78 is 32.5. The maximum Gasteiger partial charge on any atom is 0.472 e. The van der Waals surface area contributed by atoms with Gasteiger partial charge in [-0.1, -0.05) is 154 Å². The largest absolute Gasteiger partial charge is 0.480 e. The second-order valence-electron chi connectivity index (χ2n) is 14.1. The van der Waals surface area contributed by atoms with Crippen molar-refractivity contribution in [3.8, 4) is 0 Å². The van der Waals surface area contributed by atoms with Crippen LogP contribution in [0, 0.1) is 0 Å². The molecule has 0 saturated heterocycles. The van der Waals surface area contributed by atoms with E-state index in [1.165, 1.54) is 89.9 Å². The number of carbonyl (C=O) groups is 3. The molecule has 0 aliphatic rings. The van der Waals surface area contributed by atoms with Gasteiger partial charge in [0.1, 0.15) is 12.6 Å². The average molecular weight is 774 g/mol. The number of allylic oxidation sites excluding steroid dienone is 4. The molecule has 53 heavy (non-hydrogen) atoms. The number of carboxylic acid groups (broad SMARTS) is 1. The Labute approximate surface area is 321 Å². The smallest absolute Gasteiger partial charge is 0.472 e. The van der Waals surface area contributed by atoms with Gasteiger partial charge >= 0.3 is 25.7 Å². The Morgan fingerprint density at radius 1 is 0.585 bits per heavy atom. The monoisotopic (exact) mass is 774 g/mol. The van der Waals surface area contributed by atoms with Crippen LogP contribution >= 0.6 is 7.82 Å². The summed E-state index contributed by atoms with van der Waals surface area (Å²) in [6.45, 7) is 2.71. The molecule has 0 aromatic heterocycles. The maximum absolute atomic E-state index is 12.6. The van der Waals surface area contributed by atoms with E-state index in [2.05, 4.69) is 42.7 Å². The Hall–Kier alpha value is -2.04. The van der Waals surface area contributed by atoms with Crippen LogP contribution in [0.25, 0.3) is 0 Å². The molecule has 0 radical (unpaired) electrons. The van der Waals surface area contributed by atoms with Crippen LogP contribution in [0.5, 0.6) is 0 Å². The molecule has 0 aromatic rings. The summed E-state index contributed by atoms with van der Waals surface area (Å²) in [5, 5.41) is 8.85. The van der Waals surface area contributed by atoms with Crippen LogP contribution in [0.3, 0.4) is 0 Å². The van der Waals surface area contributed by atoms with Gasteiger partial charge in [-0.3, -0.25) is 23.4 Å². The number of carboxylic acids is 1. The van der Waals surface area contributed by atoms with Crippen LogP contribution in [0.4, 0.5) is 0 Å². The van der Waals surface area contributed by atoms with Crippen molar-refractivity contribution in [3.05, 3.63) is 24.3 Å². The third-order valence-electron chi connectivity index (χ3n) is 8.95. The predicted octanol–water partition coefficient (Wildman–Crippen LogP) is 10.7. The molecule has 0 aliphatic carbocycles. The van der Waals surface area contributed by atoms with E-state index in [0.29, 0.717) is 12.8 Å². The second kappa shape index (κ2) is 36.9. The molecule has 0 aromatic carbocycles. The van der Waals surface area contributed by atoms with E-state index in [9.17, 15) is 23.8 Å². The van der Waals surface area contributed by atoms with Gasteiger partial charge in [-0.05, 0) is 44.9 Å². The number of esters is 2. The number of hydrogen-bond donors (Lipinski definition) is 3.